The van der Waals surface area contributed by atoms with Gasteiger partial charge in [0.05, 0.1) is 23.4 Å². The second kappa shape index (κ2) is 8.82. The monoisotopic (exact) mass is 401 g/mol. The van der Waals surface area contributed by atoms with E-state index < -0.39 is 0 Å². The van der Waals surface area contributed by atoms with Crippen molar-refractivity contribution in [1.29, 1.82) is 0 Å². The summed E-state index contributed by atoms with van der Waals surface area (Å²) >= 11 is 1.72. The summed E-state index contributed by atoms with van der Waals surface area (Å²) in [5.74, 6) is 0.687. The van der Waals surface area contributed by atoms with Crippen molar-refractivity contribution < 1.29 is 14.3 Å². The molecule has 2 aliphatic rings. The van der Waals surface area contributed by atoms with Crippen LogP contribution in [0.3, 0.4) is 0 Å². The predicted octanol–water partition coefficient (Wildman–Crippen LogP) is 4.11. The fourth-order valence-corrected chi connectivity index (χ4v) is 4.37. The molecule has 1 aromatic rings. The molecule has 2 heterocycles. The molecule has 1 aromatic carbocycles. The molecule has 0 spiro atoms. The minimum Gasteiger partial charge on any atom is -0.459 e. The van der Waals surface area contributed by atoms with Gasteiger partial charge in [-0.05, 0) is 44.9 Å². The van der Waals surface area contributed by atoms with Crippen LogP contribution in [0.2, 0.25) is 0 Å². The molecule has 0 bridgehead atoms. The van der Waals surface area contributed by atoms with Gasteiger partial charge >= 0.3 is 5.97 Å². The molecule has 0 saturated carbocycles. The molecule has 150 valence electrons. The molecule has 1 fully saturated rings. The number of carbonyl (C=O) groups excluding carboxylic acids is 2. The molecule has 1 unspecified atom stereocenters. The van der Waals surface area contributed by atoms with Crippen LogP contribution in [-0.4, -0.2) is 40.3 Å². The third-order valence-corrected chi connectivity index (χ3v) is 5.73. The third-order valence-electron chi connectivity index (χ3n) is 4.65. The Morgan fingerprint density at radius 2 is 2.04 bits per heavy atom. The summed E-state index contributed by atoms with van der Waals surface area (Å²) in [6.45, 7) is 8.24. The van der Waals surface area contributed by atoms with Gasteiger partial charge in [0.15, 0.2) is 5.17 Å². The lowest BCUT2D eigenvalue weighted by atomic mass is 9.94. The number of nitrogens with zero attached hydrogens (tertiary/aromatic N) is 2. The van der Waals surface area contributed by atoms with Crippen LogP contribution >= 0.6 is 11.8 Å². The largest absolute Gasteiger partial charge is 0.459 e. The average molecular weight is 402 g/mol. The van der Waals surface area contributed by atoms with Gasteiger partial charge in [-0.2, -0.15) is 0 Å². The van der Waals surface area contributed by atoms with Crippen molar-refractivity contribution in [1.82, 2.24) is 4.90 Å². The molecule has 7 heteroatoms. The molecular formula is C21H27N3O3S. The second-order valence-corrected chi connectivity index (χ2v) is 8.23. The van der Waals surface area contributed by atoms with Gasteiger partial charge in [-0.15, -0.1) is 0 Å². The van der Waals surface area contributed by atoms with Gasteiger partial charge in [-0.25, -0.2) is 9.79 Å². The highest BCUT2D eigenvalue weighted by atomic mass is 32.2. The van der Waals surface area contributed by atoms with E-state index in [1.807, 2.05) is 52.0 Å². The maximum Gasteiger partial charge on any atom is 0.338 e. The van der Waals surface area contributed by atoms with E-state index in [2.05, 4.69) is 15.2 Å². The topological polar surface area (TPSA) is 71.0 Å². The number of hydrogen-bond donors (Lipinski definition) is 1. The van der Waals surface area contributed by atoms with E-state index in [-0.39, 0.29) is 24.0 Å². The van der Waals surface area contributed by atoms with Crippen LogP contribution in [-0.2, 0) is 14.3 Å². The van der Waals surface area contributed by atoms with E-state index in [4.69, 9.17) is 4.74 Å². The molecule has 1 amide bonds. The number of aliphatic imine (C=N–C) groups is 1. The van der Waals surface area contributed by atoms with E-state index in [0.717, 1.165) is 35.1 Å². The molecule has 3 rings (SSSR count). The molecular weight excluding hydrogens is 374 g/mol. The molecule has 28 heavy (non-hydrogen) atoms. The Bertz CT molecular complexity index is 815. The van der Waals surface area contributed by atoms with Crippen molar-refractivity contribution in [2.24, 2.45) is 4.99 Å². The number of rotatable bonds is 5. The highest BCUT2D eigenvalue weighted by molar-refractivity contribution is 8.13. The number of allylic oxidation sites excluding steroid dienone is 1. The zero-order valence-electron chi connectivity index (χ0n) is 16.8. The van der Waals surface area contributed by atoms with Crippen LogP contribution in [0.15, 0.2) is 40.5 Å². The van der Waals surface area contributed by atoms with E-state index in [0.29, 0.717) is 17.7 Å². The number of amidine groups is 1. The lowest BCUT2D eigenvalue weighted by Gasteiger charge is -2.40. The fraction of sp³-hybridized carbons (Fsp3) is 0.476. The van der Waals surface area contributed by atoms with Gasteiger partial charge in [0.2, 0.25) is 5.91 Å². The number of thioether (sulfide) groups is 1. The number of ether oxygens (including phenoxy) is 1. The van der Waals surface area contributed by atoms with E-state index in [9.17, 15) is 9.59 Å². The number of hydrogen-bond acceptors (Lipinski definition) is 6. The summed E-state index contributed by atoms with van der Waals surface area (Å²) in [7, 11) is 0. The van der Waals surface area contributed by atoms with E-state index in [1.54, 1.807) is 11.8 Å². The number of amides is 1. The number of anilines is 1. The van der Waals surface area contributed by atoms with Crippen molar-refractivity contribution in [2.75, 3.05) is 17.6 Å². The molecule has 6 nitrogen and oxygen atoms in total. The van der Waals surface area contributed by atoms with Crippen molar-refractivity contribution >= 4 is 34.5 Å². The smallest absolute Gasteiger partial charge is 0.338 e. The third kappa shape index (κ3) is 4.41. The molecule has 2 aliphatic heterocycles. The lowest BCUT2D eigenvalue weighted by molar-refractivity contribution is -0.143. The van der Waals surface area contributed by atoms with Crippen LogP contribution < -0.4 is 5.32 Å². The standard InChI is InChI=1S/C21H27N3O3S/c1-5-17(25)23-16-9-7-15(8-10-16)19-18(20(26)27-13(2)3)14(4)22-21-24(19)11-6-12-28-21/h7-10,13,19H,5-6,11-12H2,1-4H3,(H,23,25). The maximum absolute atomic E-state index is 12.9. The molecule has 1 saturated heterocycles. The summed E-state index contributed by atoms with van der Waals surface area (Å²) in [6, 6.07) is 7.46. The first-order valence-corrected chi connectivity index (χ1v) is 10.7. The maximum atomic E-state index is 12.9. The number of nitrogens with one attached hydrogen (secondary N) is 1. The molecule has 0 aliphatic carbocycles. The van der Waals surface area contributed by atoms with Gasteiger partial charge in [0.1, 0.15) is 0 Å². The Hall–Kier alpha value is -2.28. The first-order chi connectivity index (χ1) is 13.4. The van der Waals surface area contributed by atoms with Crippen molar-refractivity contribution in [3.8, 4) is 0 Å². The van der Waals surface area contributed by atoms with Gasteiger partial charge in [0.25, 0.3) is 0 Å². The molecule has 0 radical (unpaired) electrons. The highest BCUT2D eigenvalue weighted by Gasteiger charge is 2.38. The zero-order valence-corrected chi connectivity index (χ0v) is 17.6. The first-order valence-electron chi connectivity index (χ1n) is 9.70. The Labute approximate surface area is 170 Å². The SMILES string of the molecule is CCC(=O)Nc1ccc(C2C(C(=O)OC(C)C)=C(C)N=C3SCCCN32)cc1. The summed E-state index contributed by atoms with van der Waals surface area (Å²) < 4.78 is 5.53. The van der Waals surface area contributed by atoms with E-state index >= 15 is 0 Å². The summed E-state index contributed by atoms with van der Waals surface area (Å²) in [4.78, 5) is 31.4. The van der Waals surface area contributed by atoms with Crippen LogP contribution in [0.25, 0.3) is 0 Å². The molecule has 1 atom stereocenters. The van der Waals surface area contributed by atoms with Gasteiger partial charge in [0, 0.05) is 24.4 Å². The zero-order chi connectivity index (χ0) is 20.3. The fourth-order valence-electron chi connectivity index (χ4n) is 3.35. The Morgan fingerprint density at radius 3 is 2.68 bits per heavy atom. The summed E-state index contributed by atoms with van der Waals surface area (Å²) in [5.41, 5.74) is 3.03. The van der Waals surface area contributed by atoms with Crippen LogP contribution in [0, 0.1) is 0 Å². The van der Waals surface area contributed by atoms with Gasteiger partial charge in [-0.1, -0.05) is 30.8 Å². The average Bonchev–Trinajstić information content (AvgIpc) is 2.66. The Morgan fingerprint density at radius 1 is 1.32 bits per heavy atom. The van der Waals surface area contributed by atoms with Gasteiger partial charge < -0.3 is 15.0 Å². The molecule has 1 N–H and O–H groups in total. The minimum absolute atomic E-state index is 0.0239. The Kier molecular flexibility index (Phi) is 6.44. The highest BCUT2D eigenvalue weighted by Crippen LogP contribution is 2.40. The summed E-state index contributed by atoms with van der Waals surface area (Å²) in [6.07, 6.45) is 1.28. The quantitative estimate of drug-likeness (QED) is 0.752. The predicted molar refractivity (Wildman–Crippen MR) is 113 cm³/mol. The van der Waals surface area contributed by atoms with Crippen molar-refractivity contribution in [3.63, 3.8) is 0 Å². The minimum atomic E-state index is -0.320. The van der Waals surface area contributed by atoms with Gasteiger partial charge in [-0.3, -0.25) is 4.79 Å². The number of carbonyl (C=O) groups is 2. The van der Waals surface area contributed by atoms with Crippen molar-refractivity contribution in [2.45, 2.75) is 52.7 Å². The molecule has 0 aromatic heterocycles. The van der Waals surface area contributed by atoms with Crippen LogP contribution in [0.4, 0.5) is 5.69 Å². The normalized spacial score (nSPS) is 19.2. The summed E-state index contributed by atoms with van der Waals surface area (Å²) in [5, 5.41) is 3.82. The number of esters is 1. The van der Waals surface area contributed by atoms with E-state index in [1.165, 1.54) is 0 Å². The first kappa shape index (κ1) is 20.5. The number of fused-ring (bicyclic) bond motifs is 1. The lowest BCUT2D eigenvalue weighted by Crippen LogP contribution is -2.42. The van der Waals surface area contributed by atoms with Crippen LogP contribution in [0.5, 0.6) is 0 Å². The number of benzene rings is 1. The second-order valence-electron chi connectivity index (χ2n) is 7.17. The van der Waals surface area contributed by atoms with Crippen LogP contribution in [0.1, 0.15) is 52.1 Å². The Balaban J connectivity index is 1.97. The van der Waals surface area contributed by atoms with Crippen molar-refractivity contribution in [3.05, 3.63) is 41.1 Å².